The number of benzene rings is 1. The summed E-state index contributed by atoms with van der Waals surface area (Å²) in [7, 11) is 1.67. The summed E-state index contributed by atoms with van der Waals surface area (Å²) in [5.41, 5.74) is 1.03. The van der Waals surface area contributed by atoms with Gasteiger partial charge < -0.3 is 25.0 Å². The first kappa shape index (κ1) is 23.4. The van der Waals surface area contributed by atoms with Crippen LogP contribution in [0.15, 0.2) is 29.3 Å². The Balaban J connectivity index is 1.41. The van der Waals surface area contributed by atoms with Crippen molar-refractivity contribution in [2.45, 2.75) is 58.1 Å². The van der Waals surface area contributed by atoms with E-state index in [4.69, 9.17) is 9.47 Å². The molecule has 31 heavy (non-hydrogen) atoms. The first-order valence-electron chi connectivity index (χ1n) is 11.7. The highest BCUT2D eigenvalue weighted by molar-refractivity contribution is 5.81. The molecule has 172 valence electrons. The first-order chi connectivity index (χ1) is 15.2. The third-order valence-corrected chi connectivity index (χ3v) is 6.10. The Bertz CT molecular complexity index is 719. The molecule has 1 aromatic rings. The predicted molar refractivity (Wildman–Crippen MR) is 123 cm³/mol. The molecule has 1 aliphatic heterocycles. The zero-order valence-corrected chi connectivity index (χ0v) is 19.1. The van der Waals surface area contributed by atoms with Crippen molar-refractivity contribution in [1.29, 1.82) is 0 Å². The fraction of sp³-hybridized carbons (Fsp3) is 0.667. The monoisotopic (exact) mass is 430 g/mol. The Labute approximate surface area is 186 Å². The van der Waals surface area contributed by atoms with Crippen molar-refractivity contribution in [3.63, 3.8) is 0 Å². The highest BCUT2D eigenvalue weighted by atomic mass is 16.5. The number of amides is 1. The van der Waals surface area contributed by atoms with Crippen LogP contribution in [0.25, 0.3) is 0 Å². The van der Waals surface area contributed by atoms with Gasteiger partial charge in [-0.2, -0.15) is 0 Å². The van der Waals surface area contributed by atoms with Gasteiger partial charge in [-0.15, -0.1) is 0 Å². The highest BCUT2D eigenvalue weighted by Crippen LogP contribution is 2.26. The number of aliphatic imine (C=N–C) groups is 1. The zero-order chi connectivity index (χ0) is 21.9. The topological polar surface area (TPSA) is 75.2 Å². The van der Waals surface area contributed by atoms with E-state index >= 15 is 0 Å². The number of hydrogen-bond donors (Lipinski definition) is 2. The Morgan fingerprint density at radius 3 is 2.77 bits per heavy atom. The number of nitrogens with zero attached hydrogens (tertiary/aromatic N) is 2. The second kappa shape index (κ2) is 12.5. The van der Waals surface area contributed by atoms with E-state index in [9.17, 15) is 4.79 Å². The summed E-state index contributed by atoms with van der Waals surface area (Å²) in [6, 6.07) is 8.13. The van der Waals surface area contributed by atoms with Crippen molar-refractivity contribution in [1.82, 2.24) is 15.5 Å². The molecule has 1 aromatic carbocycles. The largest absolute Gasteiger partial charge is 0.496 e. The van der Waals surface area contributed by atoms with Crippen LogP contribution in [-0.2, 0) is 16.1 Å². The molecule has 1 saturated carbocycles. The molecule has 1 heterocycles. The molecular formula is C24H38N4O3. The van der Waals surface area contributed by atoms with Gasteiger partial charge in [0.2, 0.25) is 5.91 Å². The summed E-state index contributed by atoms with van der Waals surface area (Å²) >= 11 is 0. The molecule has 1 aliphatic carbocycles. The van der Waals surface area contributed by atoms with Gasteiger partial charge in [-0.3, -0.25) is 9.79 Å². The van der Waals surface area contributed by atoms with Crippen molar-refractivity contribution >= 4 is 11.9 Å². The van der Waals surface area contributed by atoms with Gasteiger partial charge in [-0.1, -0.05) is 37.5 Å². The van der Waals surface area contributed by atoms with Crippen molar-refractivity contribution < 1.29 is 14.3 Å². The number of carbonyl (C=O) groups excluding carboxylic acids is 1. The lowest BCUT2D eigenvalue weighted by Gasteiger charge is -2.26. The summed E-state index contributed by atoms with van der Waals surface area (Å²) in [4.78, 5) is 19.5. The third kappa shape index (κ3) is 7.13. The highest BCUT2D eigenvalue weighted by Gasteiger charge is 2.31. The molecule has 0 bridgehead atoms. The molecule has 2 fully saturated rings. The second-order valence-corrected chi connectivity index (χ2v) is 8.37. The van der Waals surface area contributed by atoms with Crippen molar-refractivity contribution in [2.75, 3.05) is 39.9 Å². The maximum absolute atomic E-state index is 12.8. The minimum absolute atomic E-state index is 0.245. The first-order valence-corrected chi connectivity index (χ1v) is 11.7. The Kier molecular flexibility index (Phi) is 9.46. The summed E-state index contributed by atoms with van der Waals surface area (Å²) in [5, 5.41) is 6.80. The summed E-state index contributed by atoms with van der Waals surface area (Å²) in [5.74, 6) is 2.24. The van der Waals surface area contributed by atoms with Crippen LogP contribution >= 0.6 is 0 Å². The molecule has 0 aromatic heterocycles. The van der Waals surface area contributed by atoms with E-state index in [1.54, 1.807) is 7.11 Å². The lowest BCUT2D eigenvalue weighted by molar-refractivity contribution is -0.135. The van der Waals surface area contributed by atoms with Crippen LogP contribution in [0, 0.1) is 5.92 Å². The van der Waals surface area contributed by atoms with Gasteiger partial charge >= 0.3 is 0 Å². The van der Waals surface area contributed by atoms with Crippen LogP contribution in [0.4, 0.5) is 0 Å². The van der Waals surface area contributed by atoms with Crippen LogP contribution in [-0.4, -0.2) is 62.7 Å². The minimum Gasteiger partial charge on any atom is -0.496 e. The van der Waals surface area contributed by atoms with Gasteiger partial charge in [0.15, 0.2) is 5.96 Å². The van der Waals surface area contributed by atoms with Crippen molar-refractivity contribution in [2.24, 2.45) is 10.9 Å². The van der Waals surface area contributed by atoms with Gasteiger partial charge in [0.05, 0.1) is 26.9 Å². The molecule has 1 atom stereocenters. The normalized spacial score (nSPS) is 20.0. The lowest BCUT2D eigenvalue weighted by atomic mass is 9.88. The number of likely N-dealkylation sites (tertiary alicyclic amines) is 1. The van der Waals surface area contributed by atoms with Crippen LogP contribution in [0.5, 0.6) is 5.75 Å². The molecule has 0 spiro atoms. The summed E-state index contributed by atoms with van der Waals surface area (Å²) in [6.07, 6.45) is 6.76. The molecule has 0 radical (unpaired) electrons. The minimum atomic E-state index is 0.245. The molecule has 1 amide bonds. The number of ether oxygens (including phenoxy) is 2. The molecule has 1 unspecified atom stereocenters. The molecule has 2 N–H and O–H groups in total. The maximum Gasteiger partial charge on any atom is 0.225 e. The molecule has 2 aliphatic rings. The van der Waals surface area contributed by atoms with E-state index in [0.717, 1.165) is 56.2 Å². The Morgan fingerprint density at radius 2 is 2.00 bits per heavy atom. The van der Waals surface area contributed by atoms with Gasteiger partial charge in [-0.25, -0.2) is 0 Å². The quantitative estimate of drug-likeness (QED) is 0.358. The van der Waals surface area contributed by atoms with Gasteiger partial charge in [0, 0.05) is 37.2 Å². The number of guanidine groups is 1. The Morgan fingerprint density at radius 1 is 1.19 bits per heavy atom. The summed E-state index contributed by atoms with van der Waals surface area (Å²) < 4.78 is 11.1. The van der Waals surface area contributed by atoms with Crippen molar-refractivity contribution in [3.05, 3.63) is 29.8 Å². The van der Waals surface area contributed by atoms with E-state index in [-0.39, 0.29) is 12.0 Å². The number of nitrogens with one attached hydrogen (secondary N) is 2. The molecular weight excluding hydrogens is 392 g/mol. The van der Waals surface area contributed by atoms with E-state index in [1.807, 2.05) is 29.2 Å². The number of para-hydroxylation sites is 1. The number of carbonyl (C=O) groups is 1. The summed E-state index contributed by atoms with van der Waals surface area (Å²) in [6.45, 7) is 6.07. The number of rotatable bonds is 9. The molecule has 3 rings (SSSR count). The van der Waals surface area contributed by atoms with Crippen LogP contribution in [0.1, 0.15) is 51.0 Å². The second-order valence-electron chi connectivity index (χ2n) is 8.37. The SMILES string of the molecule is CCNC(=NCCOCc1ccccc1OC)NC1CCN(C(=O)C2CCCCC2)C1. The van der Waals surface area contributed by atoms with Crippen molar-refractivity contribution in [3.8, 4) is 5.75 Å². The average molecular weight is 431 g/mol. The van der Waals surface area contributed by atoms with Crippen LogP contribution in [0.2, 0.25) is 0 Å². The molecule has 7 nitrogen and oxygen atoms in total. The number of methoxy groups -OCH3 is 1. The molecule has 7 heteroatoms. The van der Waals surface area contributed by atoms with E-state index in [0.29, 0.717) is 25.7 Å². The van der Waals surface area contributed by atoms with Crippen LogP contribution < -0.4 is 15.4 Å². The Hall–Kier alpha value is -2.28. The van der Waals surface area contributed by atoms with Gasteiger partial charge in [0.25, 0.3) is 0 Å². The fourth-order valence-electron chi connectivity index (χ4n) is 4.43. The van der Waals surface area contributed by atoms with E-state index < -0.39 is 0 Å². The number of hydrogen-bond acceptors (Lipinski definition) is 4. The zero-order valence-electron chi connectivity index (χ0n) is 19.1. The van der Waals surface area contributed by atoms with E-state index in [1.165, 1.54) is 19.3 Å². The average Bonchev–Trinajstić information content (AvgIpc) is 3.27. The van der Waals surface area contributed by atoms with Gasteiger partial charge in [0.1, 0.15) is 5.75 Å². The lowest BCUT2D eigenvalue weighted by Crippen LogP contribution is -2.45. The predicted octanol–water partition coefficient (Wildman–Crippen LogP) is 2.95. The van der Waals surface area contributed by atoms with Crippen LogP contribution in [0.3, 0.4) is 0 Å². The van der Waals surface area contributed by atoms with Gasteiger partial charge in [-0.05, 0) is 32.3 Å². The standard InChI is InChI=1S/C24H38N4O3/c1-3-25-24(26-14-16-31-18-20-11-7-8-12-22(20)30-2)27-21-13-15-28(17-21)23(29)19-9-5-4-6-10-19/h7-8,11-12,19,21H,3-6,9-10,13-18H2,1-2H3,(H2,25,26,27). The smallest absolute Gasteiger partial charge is 0.225 e. The molecule has 1 saturated heterocycles. The van der Waals surface area contributed by atoms with E-state index in [2.05, 4.69) is 22.5 Å². The maximum atomic E-state index is 12.8. The third-order valence-electron chi connectivity index (χ3n) is 6.10. The fourth-order valence-corrected chi connectivity index (χ4v) is 4.43.